The predicted octanol–water partition coefficient (Wildman–Crippen LogP) is 2.87. The van der Waals surface area contributed by atoms with Crippen molar-refractivity contribution in [3.8, 4) is 5.75 Å². The van der Waals surface area contributed by atoms with Crippen molar-refractivity contribution in [1.82, 2.24) is 19.5 Å². The van der Waals surface area contributed by atoms with Crippen LogP contribution in [0, 0.1) is 6.92 Å². The van der Waals surface area contributed by atoms with Gasteiger partial charge < -0.3 is 9.30 Å². The van der Waals surface area contributed by atoms with Gasteiger partial charge in [-0.2, -0.15) is 0 Å². The molecule has 0 atom stereocenters. The van der Waals surface area contributed by atoms with Crippen LogP contribution in [0.25, 0.3) is 11.2 Å². The second kappa shape index (κ2) is 5.46. The fourth-order valence-corrected chi connectivity index (χ4v) is 2.09. The molecule has 0 amide bonds. The Morgan fingerprint density at radius 3 is 2.75 bits per heavy atom. The molecule has 5 nitrogen and oxygen atoms in total. The van der Waals surface area contributed by atoms with Crippen LogP contribution >= 0.6 is 11.6 Å². The van der Waals surface area contributed by atoms with Gasteiger partial charge in [0.05, 0.1) is 12.9 Å². The first-order valence-electron chi connectivity index (χ1n) is 6.25. The van der Waals surface area contributed by atoms with E-state index in [9.17, 15) is 0 Å². The number of hydrogen-bond acceptors (Lipinski definition) is 4. The molecule has 0 radical (unpaired) electrons. The monoisotopic (exact) mass is 288 g/mol. The lowest BCUT2D eigenvalue weighted by molar-refractivity contribution is 0.300. The van der Waals surface area contributed by atoms with Crippen LogP contribution in [0.1, 0.15) is 5.56 Å². The summed E-state index contributed by atoms with van der Waals surface area (Å²) >= 11 is 5.96. The van der Waals surface area contributed by atoms with Crippen molar-refractivity contribution < 1.29 is 4.74 Å². The molecule has 0 unspecified atom stereocenters. The first-order chi connectivity index (χ1) is 9.74. The summed E-state index contributed by atoms with van der Waals surface area (Å²) < 4.78 is 7.59. The molecule has 0 fully saturated rings. The van der Waals surface area contributed by atoms with Crippen LogP contribution in [0.3, 0.4) is 0 Å². The summed E-state index contributed by atoms with van der Waals surface area (Å²) in [6.45, 7) is 3.23. The van der Waals surface area contributed by atoms with Gasteiger partial charge in [0.15, 0.2) is 10.8 Å². The van der Waals surface area contributed by atoms with E-state index in [4.69, 9.17) is 16.3 Å². The van der Waals surface area contributed by atoms with E-state index in [0.717, 1.165) is 11.4 Å². The molecule has 0 aliphatic carbocycles. The first kappa shape index (κ1) is 12.9. The van der Waals surface area contributed by atoms with E-state index in [1.807, 2.05) is 35.8 Å². The van der Waals surface area contributed by atoms with Crippen LogP contribution in [0.4, 0.5) is 0 Å². The summed E-state index contributed by atoms with van der Waals surface area (Å²) in [5.41, 5.74) is 2.55. The number of ether oxygens (including phenoxy) is 1. The zero-order chi connectivity index (χ0) is 13.9. The van der Waals surface area contributed by atoms with Crippen LogP contribution < -0.4 is 4.74 Å². The van der Waals surface area contributed by atoms with E-state index < -0.39 is 0 Å². The van der Waals surface area contributed by atoms with Gasteiger partial charge in [0.25, 0.3) is 0 Å². The lowest BCUT2D eigenvalue weighted by atomic mass is 10.2. The van der Waals surface area contributed by atoms with Gasteiger partial charge in [0.2, 0.25) is 0 Å². The Morgan fingerprint density at radius 2 is 1.95 bits per heavy atom. The maximum atomic E-state index is 5.96. The maximum absolute atomic E-state index is 5.96. The molecule has 0 aliphatic rings. The molecule has 0 aliphatic heterocycles. The summed E-state index contributed by atoms with van der Waals surface area (Å²) in [5, 5.41) is 0.369. The average molecular weight is 289 g/mol. The van der Waals surface area contributed by atoms with Gasteiger partial charge in [-0.15, -0.1) is 0 Å². The topological polar surface area (TPSA) is 52.8 Å². The van der Waals surface area contributed by atoms with Gasteiger partial charge in [0, 0.05) is 0 Å². The minimum atomic E-state index is 0.369. The Hall–Kier alpha value is -2.14. The van der Waals surface area contributed by atoms with Crippen LogP contribution in [0.5, 0.6) is 5.75 Å². The molecular weight excluding hydrogens is 276 g/mol. The molecule has 0 N–H and O–H groups in total. The standard InChI is InChI=1S/C14H13ClN4O/c1-10-2-4-11(5-3-10)20-7-6-19-9-18-12-13(15)16-8-17-14(12)19/h2-5,8-9H,6-7H2,1H3. The van der Waals surface area contributed by atoms with E-state index in [-0.39, 0.29) is 0 Å². The van der Waals surface area contributed by atoms with E-state index in [2.05, 4.69) is 15.0 Å². The molecule has 2 heterocycles. The van der Waals surface area contributed by atoms with Crippen molar-refractivity contribution >= 4 is 22.8 Å². The molecule has 2 aromatic heterocycles. The summed E-state index contributed by atoms with van der Waals surface area (Å²) in [6.07, 6.45) is 3.13. The summed E-state index contributed by atoms with van der Waals surface area (Å²) in [7, 11) is 0. The van der Waals surface area contributed by atoms with Crippen LogP contribution in [-0.4, -0.2) is 26.1 Å². The van der Waals surface area contributed by atoms with Crippen molar-refractivity contribution in [1.29, 1.82) is 0 Å². The number of aryl methyl sites for hydroxylation is 1. The van der Waals surface area contributed by atoms with Crippen LogP contribution in [0.2, 0.25) is 5.15 Å². The molecule has 0 spiro atoms. The largest absolute Gasteiger partial charge is 0.492 e. The average Bonchev–Trinajstić information content (AvgIpc) is 2.86. The third-order valence-electron chi connectivity index (χ3n) is 2.98. The molecule has 1 aromatic carbocycles. The number of rotatable bonds is 4. The number of halogens is 1. The maximum Gasteiger partial charge on any atom is 0.164 e. The highest BCUT2D eigenvalue weighted by Crippen LogP contribution is 2.17. The number of fused-ring (bicyclic) bond motifs is 1. The molecule has 3 rings (SSSR count). The Balaban J connectivity index is 1.68. The highest BCUT2D eigenvalue weighted by atomic mass is 35.5. The molecule has 0 saturated carbocycles. The first-order valence-corrected chi connectivity index (χ1v) is 6.62. The van der Waals surface area contributed by atoms with E-state index in [0.29, 0.717) is 23.8 Å². The third-order valence-corrected chi connectivity index (χ3v) is 3.26. The molecule has 3 aromatic rings. The Bertz CT molecular complexity index is 724. The van der Waals surface area contributed by atoms with E-state index >= 15 is 0 Å². The normalized spacial score (nSPS) is 10.9. The van der Waals surface area contributed by atoms with Crippen molar-refractivity contribution in [2.75, 3.05) is 6.61 Å². The van der Waals surface area contributed by atoms with Gasteiger partial charge in [-0.3, -0.25) is 0 Å². The van der Waals surface area contributed by atoms with Crippen LogP contribution in [0.15, 0.2) is 36.9 Å². The Kier molecular flexibility index (Phi) is 3.52. The van der Waals surface area contributed by atoms with Crippen LogP contribution in [-0.2, 0) is 6.54 Å². The van der Waals surface area contributed by atoms with Gasteiger partial charge in [-0.05, 0) is 19.1 Å². The molecule has 0 bridgehead atoms. The van der Waals surface area contributed by atoms with Gasteiger partial charge >= 0.3 is 0 Å². The third kappa shape index (κ3) is 2.58. The SMILES string of the molecule is Cc1ccc(OCCn2cnc3c(Cl)ncnc32)cc1. The summed E-state index contributed by atoms with van der Waals surface area (Å²) in [5.74, 6) is 0.854. The summed E-state index contributed by atoms with van der Waals surface area (Å²) in [6, 6.07) is 7.96. The highest BCUT2D eigenvalue weighted by molar-refractivity contribution is 6.33. The smallest absolute Gasteiger partial charge is 0.164 e. The van der Waals surface area contributed by atoms with E-state index in [1.165, 1.54) is 11.9 Å². The van der Waals surface area contributed by atoms with Gasteiger partial charge in [-0.25, -0.2) is 15.0 Å². The molecule has 20 heavy (non-hydrogen) atoms. The number of aromatic nitrogens is 4. The fourth-order valence-electron chi connectivity index (χ4n) is 1.91. The lowest BCUT2D eigenvalue weighted by Gasteiger charge is -2.07. The fraction of sp³-hybridized carbons (Fsp3) is 0.214. The number of imidazole rings is 1. The Morgan fingerprint density at radius 1 is 1.15 bits per heavy atom. The number of hydrogen-bond donors (Lipinski definition) is 0. The minimum Gasteiger partial charge on any atom is -0.492 e. The molecule has 6 heteroatoms. The summed E-state index contributed by atoms with van der Waals surface area (Å²) in [4.78, 5) is 12.3. The highest BCUT2D eigenvalue weighted by Gasteiger charge is 2.07. The second-order valence-electron chi connectivity index (χ2n) is 4.44. The van der Waals surface area contributed by atoms with Gasteiger partial charge in [-0.1, -0.05) is 29.3 Å². The van der Waals surface area contributed by atoms with Crippen molar-refractivity contribution in [3.05, 3.63) is 47.6 Å². The minimum absolute atomic E-state index is 0.369. The van der Waals surface area contributed by atoms with E-state index in [1.54, 1.807) is 6.33 Å². The second-order valence-corrected chi connectivity index (χ2v) is 4.79. The molecule has 0 saturated heterocycles. The van der Waals surface area contributed by atoms with Crippen molar-refractivity contribution in [3.63, 3.8) is 0 Å². The lowest BCUT2D eigenvalue weighted by Crippen LogP contribution is -2.07. The predicted molar refractivity (Wildman–Crippen MR) is 77.0 cm³/mol. The van der Waals surface area contributed by atoms with Gasteiger partial charge in [0.1, 0.15) is 24.2 Å². The Labute approximate surface area is 121 Å². The van der Waals surface area contributed by atoms with Crippen molar-refractivity contribution in [2.24, 2.45) is 0 Å². The molecular formula is C14H13ClN4O. The zero-order valence-electron chi connectivity index (χ0n) is 11.0. The molecule has 102 valence electrons. The van der Waals surface area contributed by atoms with Crippen molar-refractivity contribution in [2.45, 2.75) is 13.5 Å². The number of benzene rings is 1. The zero-order valence-corrected chi connectivity index (χ0v) is 11.7. The quantitative estimate of drug-likeness (QED) is 0.693. The number of nitrogens with zero attached hydrogens (tertiary/aromatic N) is 4.